The predicted octanol–water partition coefficient (Wildman–Crippen LogP) is 1.48. The summed E-state index contributed by atoms with van der Waals surface area (Å²) in [4.78, 5) is 12.1. The molecule has 2 aromatic rings. The minimum Gasteiger partial charge on any atom is -0.356 e. The van der Waals surface area contributed by atoms with Gasteiger partial charge in [-0.3, -0.25) is 4.99 Å². The van der Waals surface area contributed by atoms with Crippen LogP contribution in [0.1, 0.15) is 25.6 Å². The zero-order valence-corrected chi connectivity index (χ0v) is 15.9. The fourth-order valence-corrected chi connectivity index (χ4v) is 3.26. The maximum Gasteiger partial charge on any atom is 0.191 e. The van der Waals surface area contributed by atoms with Gasteiger partial charge in [-0.25, -0.2) is 13.4 Å². The van der Waals surface area contributed by atoms with Gasteiger partial charge in [0.15, 0.2) is 5.96 Å². The molecule has 0 aliphatic rings. The molecule has 0 aliphatic heterocycles. The maximum absolute atomic E-state index is 11.2. The Morgan fingerprint density at radius 2 is 2.12 bits per heavy atom. The third kappa shape index (κ3) is 6.74. The van der Waals surface area contributed by atoms with Gasteiger partial charge < -0.3 is 15.6 Å². The van der Waals surface area contributed by atoms with Gasteiger partial charge in [0.25, 0.3) is 0 Å². The molecular formula is C17H27N5O2S. The van der Waals surface area contributed by atoms with E-state index in [2.05, 4.69) is 25.6 Å². The van der Waals surface area contributed by atoms with Gasteiger partial charge in [-0.1, -0.05) is 12.1 Å². The molecule has 7 nitrogen and oxygen atoms in total. The van der Waals surface area contributed by atoms with E-state index in [0.29, 0.717) is 12.4 Å². The second-order valence-electron chi connectivity index (χ2n) is 6.27. The third-order valence-corrected chi connectivity index (χ3v) is 4.83. The molecule has 0 bridgehead atoms. The van der Waals surface area contributed by atoms with Crippen LogP contribution in [0.5, 0.6) is 0 Å². The Kier molecular flexibility index (Phi) is 6.81. The first-order valence-corrected chi connectivity index (χ1v) is 10.5. The maximum atomic E-state index is 11.2. The highest BCUT2D eigenvalue weighted by atomic mass is 32.2. The van der Waals surface area contributed by atoms with Crippen molar-refractivity contribution in [2.24, 2.45) is 4.99 Å². The van der Waals surface area contributed by atoms with Crippen molar-refractivity contribution in [3.63, 3.8) is 0 Å². The molecule has 0 radical (unpaired) electrons. The molecule has 1 unspecified atom stereocenters. The molecule has 138 valence electrons. The topological polar surface area (TPSA) is 99.2 Å². The number of aromatic nitrogens is 2. The molecule has 1 heterocycles. The van der Waals surface area contributed by atoms with E-state index in [9.17, 15) is 8.42 Å². The van der Waals surface area contributed by atoms with Gasteiger partial charge in [0, 0.05) is 32.3 Å². The van der Waals surface area contributed by atoms with Gasteiger partial charge in [-0.15, -0.1) is 0 Å². The number of nitrogens with one attached hydrogen (secondary N) is 3. The molecule has 0 saturated carbocycles. The molecule has 0 fully saturated rings. The van der Waals surface area contributed by atoms with Crippen molar-refractivity contribution in [2.45, 2.75) is 32.2 Å². The highest BCUT2D eigenvalue weighted by Crippen LogP contribution is 2.11. The van der Waals surface area contributed by atoms with Gasteiger partial charge in [-0.05, 0) is 31.9 Å². The van der Waals surface area contributed by atoms with E-state index in [1.807, 2.05) is 31.2 Å². The van der Waals surface area contributed by atoms with Crippen molar-refractivity contribution < 1.29 is 8.42 Å². The lowest BCUT2D eigenvalue weighted by Crippen LogP contribution is -2.43. The van der Waals surface area contributed by atoms with E-state index >= 15 is 0 Å². The predicted molar refractivity (Wildman–Crippen MR) is 103 cm³/mol. The lowest BCUT2D eigenvalue weighted by molar-refractivity contribution is 0.580. The van der Waals surface area contributed by atoms with Crippen LogP contribution in [-0.4, -0.2) is 56.0 Å². The minimum absolute atomic E-state index is 0.0382. The monoisotopic (exact) mass is 365 g/mol. The van der Waals surface area contributed by atoms with Crippen molar-refractivity contribution >= 4 is 26.8 Å². The molecular weight excluding hydrogens is 338 g/mol. The van der Waals surface area contributed by atoms with E-state index in [-0.39, 0.29) is 11.8 Å². The van der Waals surface area contributed by atoms with Crippen molar-refractivity contribution in [3.05, 3.63) is 30.1 Å². The van der Waals surface area contributed by atoms with Gasteiger partial charge in [0.05, 0.1) is 16.8 Å². The molecule has 2 rings (SSSR count). The first kappa shape index (κ1) is 19.2. The number of aromatic amines is 1. The molecule has 0 saturated heterocycles. The van der Waals surface area contributed by atoms with E-state index in [0.717, 1.165) is 36.2 Å². The molecule has 1 aromatic carbocycles. The summed E-state index contributed by atoms with van der Waals surface area (Å²) in [6.07, 6.45) is 3.57. The Balaban J connectivity index is 1.71. The number of hydrogen-bond acceptors (Lipinski definition) is 4. The quantitative estimate of drug-likeness (QED) is 0.374. The van der Waals surface area contributed by atoms with E-state index < -0.39 is 9.84 Å². The van der Waals surface area contributed by atoms with E-state index in [1.54, 1.807) is 7.05 Å². The van der Waals surface area contributed by atoms with Gasteiger partial charge in [0.1, 0.15) is 15.7 Å². The zero-order chi connectivity index (χ0) is 18.3. The van der Waals surface area contributed by atoms with E-state index in [4.69, 9.17) is 0 Å². The number of para-hydroxylation sites is 2. The summed E-state index contributed by atoms with van der Waals surface area (Å²) in [5.41, 5.74) is 2.05. The highest BCUT2D eigenvalue weighted by molar-refractivity contribution is 7.90. The lowest BCUT2D eigenvalue weighted by atomic mass is 10.2. The number of guanidine groups is 1. The van der Waals surface area contributed by atoms with Crippen LogP contribution in [0.2, 0.25) is 0 Å². The second-order valence-corrected chi connectivity index (χ2v) is 8.53. The number of hydrogen-bond donors (Lipinski definition) is 3. The van der Waals surface area contributed by atoms with Gasteiger partial charge >= 0.3 is 0 Å². The summed E-state index contributed by atoms with van der Waals surface area (Å²) in [6.45, 7) is 2.71. The van der Waals surface area contributed by atoms with Crippen LogP contribution in [-0.2, 0) is 16.3 Å². The molecule has 3 N–H and O–H groups in total. The third-order valence-electron chi connectivity index (χ3n) is 3.85. The van der Waals surface area contributed by atoms with Crippen LogP contribution in [0, 0.1) is 0 Å². The molecule has 1 atom stereocenters. The van der Waals surface area contributed by atoms with Crippen LogP contribution in [0.4, 0.5) is 0 Å². The van der Waals surface area contributed by atoms with Crippen LogP contribution < -0.4 is 10.6 Å². The number of nitrogens with zero attached hydrogens (tertiary/aromatic N) is 2. The summed E-state index contributed by atoms with van der Waals surface area (Å²) in [5, 5.41) is 6.46. The Morgan fingerprint density at radius 1 is 1.36 bits per heavy atom. The average Bonchev–Trinajstić information content (AvgIpc) is 2.98. The normalized spacial score (nSPS) is 13.8. The van der Waals surface area contributed by atoms with Crippen LogP contribution >= 0.6 is 0 Å². The Morgan fingerprint density at radius 3 is 2.80 bits per heavy atom. The van der Waals surface area contributed by atoms with Crippen LogP contribution in [0.15, 0.2) is 29.3 Å². The molecule has 0 amide bonds. The fraction of sp³-hybridized carbons (Fsp3) is 0.529. The number of sulfone groups is 1. The zero-order valence-electron chi connectivity index (χ0n) is 15.0. The number of imidazole rings is 1. The SMILES string of the molecule is CN=C(NCCCc1nc2ccccc2[nH]1)NC(C)CCS(C)(=O)=O. The first-order valence-electron chi connectivity index (χ1n) is 8.46. The molecule has 0 spiro atoms. The average molecular weight is 366 g/mol. The van der Waals surface area contributed by atoms with Gasteiger partial charge in [-0.2, -0.15) is 0 Å². The summed E-state index contributed by atoms with van der Waals surface area (Å²) in [5.74, 6) is 1.84. The minimum atomic E-state index is -2.94. The number of benzene rings is 1. The lowest BCUT2D eigenvalue weighted by Gasteiger charge is -2.17. The van der Waals surface area contributed by atoms with Gasteiger partial charge in [0.2, 0.25) is 0 Å². The summed E-state index contributed by atoms with van der Waals surface area (Å²) in [7, 11) is -1.23. The summed E-state index contributed by atoms with van der Waals surface area (Å²) in [6, 6.07) is 8.03. The highest BCUT2D eigenvalue weighted by Gasteiger charge is 2.09. The number of rotatable bonds is 8. The molecule has 1 aromatic heterocycles. The Labute approximate surface area is 149 Å². The summed E-state index contributed by atoms with van der Waals surface area (Å²) >= 11 is 0. The smallest absolute Gasteiger partial charge is 0.191 e. The number of aryl methyl sites for hydroxylation is 1. The van der Waals surface area contributed by atoms with E-state index in [1.165, 1.54) is 6.26 Å². The van der Waals surface area contributed by atoms with Crippen molar-refractivity contribution in [1.82, 2.24) is 20.6 Å². The standard InChI is InChI=1S/C17H27N5O2S/c1-13(10-12-25(3,23)24)20-17(18-2)19-11-6-9-16-21-14-7-4-5-8-15(14)22-16/h4-5,7-8,13H,6,9-12H2,1-3H3,(H,21,22)(H2,18,19,20). The Hall–Kier alpha value is -2.09. The number of aliphatic imine (C=N–C) groups is 1. The summed E-state index contributed by atoms with van der Waals surface area (Å²) < 4.78 is 22.4. The fourth-order valence-electron chi connectivity index (χ4n) is 2.48. The molecule has 25 heavy (non-hydrogen) atoms. The van der Waals surface area contributed by atoms with Crippen LogP contribution in [0.25, 0.3) is 11.0 Å². The second kappa shape index (κ2) is 8.84. The molecule has 0 aliphatic carbocycles. The molecule has 8 heteroatoms. The van der Waals surface area contributed by atoms with Crippen molar-refractivity contribution in [2.75, 3.05) is 25.6 Å². The van der Waals surface area contributed by atoms with Crippen LogP contribution in [0.3, 0.4) is 0 Å². The first-order chi connectivity index (χ1) is 11.9. The number of H-pyrrole nitrogens is 1. The Bertz CT molecular complexity index is 780. The number of fused-ring (bicyclic) bond motifs is 1. The van der Waals surface area contributed by atoms with Crippen molar-refractivity contribution in [1.29, 1.82) is 0 Å². The largest absolute Gasteiger partial charge is 0.356 e. The van der Waals surface area contributed by atoms with Crippen molar-refractivity contribution in [3.8, 4) is 0 Å².